The number of hydrogen-bond acceptors (Lipinski definition) is 6. The van der Waals surface area contributed by atoms with E-state index in [1.165, 1.54) is 0 Å². The first-order chi connectivity index (χ1) is 18.2. The van der Waals surface area contributed by atoms with Crippen LogP contribution in [0.25, 0.3) is 11.3 Å². The molecule has 7 nitrogen and oxygen atoms in total. The Kier molecular flexibility index (Phi) is 7.91. The number of Topliss-reactive ketones (excluding diaryl/α,β-unsaturated/α-hetero) is 1. The highest BCUT2D eigenvalue weighted by Gasteiger charge is 2.32. The quantitative estimate of drug-likeness (QED) is 0.214. The summed E-state index contributed by atoms with van der Waals surface area (Å²) in [5.74, 6) is 1.17. The molecule has 0 saturated heterocycles. The van der Waals surface area contributed by atoms with Crippen molar-refractivity contribution >= 4 is 31.9 Å². The van der Waals surface area contributed by atoms with Crippen LogP contribution in [0.15, 0.2) is 6.20 Å². The fourth-order valence-electron chi connectivity index (χ4n) is 5.60. The smallest absolute Gasteiger partial charge is 0.230 e. The topological polar surface area (TPSA) is 84.0 Å². The number of hydrogen-bond donors (Lipinski definition) is 1. The van der Waals surface area contributed by atoms with Crippen LogP contribution in [0.1, 0.15) is 85.9 Å². The van der Waals surface area contributed by atoms with Gasteiger partial charge < -0.3 is 9.72 Å². The van der Waals surface area contributed by atoms with Gasteiger partial charge in [-0.3, -0.25) is 9.69 Å². The number of fused-ring (bicyclic) bond motifs is 4. The van der Waals surface area contributed by atoms with Crippen LogP contribution >= 0.6 is 20.8 Å². The standard InChI is InChI=1S/C29H37ClN5O2P/c1-6-8-21-23(25(36)16(5)7-2)18-10-9-17-13-31-28(26(38)22(17)24(18)32-21)37-27-19-14-35(15(3)4)12-11-20(19)33-29(30)34-27/h13,15-16,32H,6-12,14,38H2,1-5H3. The highest BCUT2D eigenvalue weighted by Crippen LogP contribution is 2.40. The lowest BCUT2D eigenvalue weighted by atomic mass is 9.85. The first-order valence-electron chi connectivity index (χ1n) is 13.8. The van der Waals surface area contributed by atoms with Gasteiger partial charge in [0.25, 0.3) is 0 Å². The third-order valence-electron chi connectivity index (χ3n) is 7.99. The van der Waals surface area contributed by atoms with E-state index in [1.807, 2.05) is 13.1 Å². The Morgan fingerprint density at radius 3 is 2.66 bits per heavy atom. The second kappa shape index (κ2) is 11.0. The third kappa shape index (κ3) is 4.89. The van der Waals surface area contributed by atoms with Crippen LogP contribution in [-0.2, 0) is 32.2 Å². The first kappa shape index (κ1) is 27.2. The zero-order chi connectivity index (χ0) is 27.1. The number of ketones is 1. The van der Waals surface area contributed by atoms with Gasteiger partial charge in [-0.2, -0.15) is 4.98 Å². The first-order valence-corrected chi connectivity index (χ1v) is 14.7. The van der Waals surface area contributed by atoms with E-state index in [0.717, 1.165) is 95.3 Å². The molecule has 0 fully saturated rings. The van der Waals surface area contributed by atoms with Gasteiger partial charge in [0.2, 0.25) is 17.0 Å². The summed E-state index contributed by atoms with van der Waals surface area (Å²) >= 11 is 6.31. The van der Waals surface area contributed by atoms with Gasteiger partial charge in [0.1, 0.15) is 0 Å². The number of ether oxygens (including phenoxy) is 1. The van der Waals surface area contributed by atoms with Gasteiger partial charge in [-0.15, -0.1) is 0 Å². The summed E-state index contributed by atoms with van der Waals surface area (Å²) in [5, 5.41) is 1.04. The molecule has 0 saturated carbocycles. The molecule has 38 heavy (non-hydrogen) atoms. The van der Waals surface area contributed by atoms with Gasteiger partial charge in [-0.25, -0.2) is 9.97 Å². The average molecular weight is 554 g/mol. The third-order valence-corrected chi connectivity index (χ3v) is 8.69. The maximum atomic E-state index is 13.5. The summed E-state index contributed by atoms with van der Waals surface area (Å²) < 4.78 is 6.41. The van der Waals surface area contributed by atoms with Crippen LogP contribution in [0.5, 0.6) is 11.8 Å². The van der Waals surface area contributed by atoms with Gasteiger partial charge in [-0.1, -0.05) is 36.4 Å². The van der Waals surface area contributed by atoms with E-state index in [9.17, 15) is 4.79 Å². The molecular weight excluding hydrogens is 517 g/mol. The van der Waals surface area contributed by atoms with Gasteiger partial charge in [0.15, 0.2) is 5.78 Å². The minimum Gasteiger partial charge on any atom is -0.419 e. The second-order valence-electron chi connectivity index (χ2n) is 10.8. The molecule has 2 aliphatic rings. The highest BCUT2D eigenvalue weighted by atomic mass is 35.5. The Balaban J connectivity index is 1.58. The largest absolute Gasteiger partial charge is 0.419 e. The zero-order valence-electron chi connectivity index (χ0n) is 22.9. The van der Waals surface area contributed by atoms with E-state index < -0.39 is 0 Å². The maximum absolute atomic E-state index is 13.5. The highest BCUT2D eigenvalue weighted by molar-refractivity contribution is 7.28. The number of pyridine rings is 1. The van der Waals surface area contributed by atoms with Gasteiger partial charge in [0.05, 0.1) is 17.0 Å². The number of nitrogens with zero attached hydrogens (tertiary/aromatic N) is 4. The molecule has 9 heteroatoms. The number of nitrogens with one attached hydrogen (secondary N) is 1. The van der Waals surface area contributed by atoms with E-state index in [-0.39, 0.29) is 17.0 Å². The van der Waals surface area contributed by atoms with Crippen molar-refractivity contribution in [3.05, 3.63) is 45.1 Å². The Labute approximate surface area is 232 Å². The van der Waals surface area contributed by atoms with Crippen molar-refractivity contribution in [1.29, 1.82) is 0 Å². The Hall–Kier alpha value is -2.34. The maximum Gasteiger partial charge on any atom is 0.230 e. The molecule has 2 atom stereocenters. The summed E-state index contributed by atoms with van der Waals surface area (Å²) in [6.45, 7) is 12.3. The van der Waals surface area contributed by atoms with Crippen LogP contribution in [0, 0.1) is 5.92 Å². The average Bonchev–Trinajstić information content (AvgIpc) is 3.27. The van der Waals surface area contributed by atoms with Gasteiger partial charge in [0, 0.05) is 59.8 Å². The zero-order valence-corrected chi connectivity index (χ0v) is 24.9. The van der Waals surface area contributed by atoms with Crippen molar-refractivity contribution in [2.75, 3.05) is 6.54 Å². The Morgan fingerprint density at radius 1 is 1.16 bits per heavy atom. The number of carbonyl (C=O) groups excluding carboxylic acids is 1. The van der Waals surface area contributed by atoms with E-state index in [1.54, 1.807) is 0 Å². The predicted molar refractivity (Wildman–Crippen MR) is 155 cm³/mol. The molecule has 0 aromatic carbocycles. The number of aromatic amines is 1. The van der Waals surface area contributed by atoms with E-state index in [0.29, 0.717) is 24.3 Å². The van der Waals surface area contributed by atoms with Crippen LogP contribution in [0.3, 0.4) is 0 Å². The van der Waals surface area contributed by atoms with Crippen LogP contribution < -0.4 is 10.0 Å². The van der Waals surface area contributed by atoms with Gasteiger partial charge in [-0.05, 0) is 62.3 Å². The molecule has 0 bridgehead atoms. The Morgan fingerprint density at radius 2 is 1.95 bits per heavy atom. The summed E-state index contributed by atoms with van der Waals surface area (Å²) in [4.78, 5) is 33.1. The van der Waals surface area contributed by atoms with E-state index >= 15 is 0 Å². The van der Waals surface area contributed by atoms with Gasteiger partial charge >= 0.3 is 0 Å². The molecule has 0 radical (unpaired) electrons. The van der Waals surface area contributed by atoms with Crippen molar-refractivity contribution < 1.29 is 9.53 Å². The predicted octanol–water partition coefficient (Wildman–Crippen LogP) is 5.86. The number of H-pyrrole nitrogens is 1. The van der Waals surface area contributed by atoms with Crippen molar-refractivity contribution in [3.8, 4) is 23.0 Å². The lowest BCUT2D eigenvalue weighted by Gasteiger charge is -2.31. The fourth-order valence-corrected chi connectivity index (χ4v) is 6.24. The van der Waals surface area contributed by atoms with Crippen LogP contribution in [0.2, 0.25) is 5.28 Å². The molecule has 202 valence electrons. The molecule has 1 N–H and O–H groups in total. The second-order valence-corrected chi connectivity index (χ2v) is 11.7. The molecule has 2 unspecified atom stereocenters. The van der Waals surface area contributed by atoms with Crippen molar-refractivity contribution in [2.24, 2.45) is 5.92 Å². The molecule has 4 heterocycles. The molecular formula is C29H37ClN5O2P. The summed E-state index contributed by atoms with van der Waals surface area (Å²) in [6.07, 6.45) is 7.00. The minimum atomic E-state index is -0.00203. The molecule has 0 amide bonds. The SMILES string of the molecule is CCCc1[nH]c2c(c1C(=O)C(C)CC)CCc1cnc(Oc3nc(Cl)nc4c3CN(C(C)C)CC4)c(P)c1-2. The van der Waals surface area contributed by atoms with E-state index in [2.05, 4.69) is 56.8 Å². The monoisotopic (exact) mass is 553 g/mol. The molecule has 3 aromatic heterocycles. The Bertz CT molecular complexity index is 1390. The summed E-state index contributed by atoms with van der Waals surface area (Å²) in [6, 6.07) is 0.404. The lowest BCUT2D eigenvalue weighted by Crippen LogP contribution is -2.36. The minimum absolute atomic E-state index is 0.00203. The van der Waals surface area contributed by atoms with E-state index in [4.69, 9.17) is 21.3 Å². The van der Waals surface area contributed by atoms with Crippen molar-refractivity contribution in [2.45, 2.75) is 85.7 Å². The van der Waals surface area contributed by atoms with Crippen molar-refractivity contribution in [1.82, 2.24) is 24.8 Å². The number of rotatable bonds is 8. The number of halogens is 1. The number of carbonyl (C=O) groups is 1. The summed E-state index contributed by atoms with van der Waals surface area (Å²) in [5.41, 5.74) is 8.19. The lowest BCUT2D eigenvalue weighted by molar-refractivity contribution is 0.0925. The van der Waals surface area contributed by atoms with Crippen molar-refractivity contribution in [3.63, 3.8) is 0 Å². The summed E-state index contributed by atoms with van der Waals surface area (Å²) in [7, 11) is 2.83. The normalized spacial score (nSPS) is 15.7. The molecule has 1 aliphatic heterocycles. The van der Waals surface area contributed by atoms with Crippen LogP contribution in [0.4, 0.5) is 0 Å². The molecule has 1 aliphatic carbocycles. The molecule has 0 spiro atoms. The fraction of sp³-hybridized carbons (Fsp3) is 0.517. The van der Waals surface area contributed by atoms with Crippen LogP contribution in [-0.4, -0.2) is 43.2 Å². The molecule has 5 rings (SSSR count). The number of aromatic nitrogens is 4. The number of aryl methyl sites for hydroxylation is 2. The molecule has 3 aromatic rings.